The third-order valence-corrected chi connectivity index (χ3v) is 3.39. The van der Waals surface area contributed by atoms with Gasteiger partial charge in [-0.3, -0.25) is 0 Å². The largest absolute Gasteiger partial charge is 0.496 e. The number of benzene rings is 2. The fraction of sp³-hybridized carbons (Fsp3) is 0.294. The summed E-state index contributed by atoms with van der Waals surface area (Å²) >= 11 is 0. The summed E-state index contributed by atoms with van der Waals surface area (Å²) in [4.78, 5) is 0. The quantitative estimate of drug-likeness (QED) is 0.810. The van der Waals surface area contributed by atoms with Crippen LogP contribution in [0.2, 0.25) is 0 Å². The molecule has 2 rings (SSSR count). The van der Waals surface area contributed by atoms with Crippen LogP contribution in [0.25, 0.3) is 0 Å². The second-order valence-electron chi connectivity index (χ2n) is 4.57. The van der Waals surface area contributed by atoms with E-state index in [0.717, 1.165) is 29.9 Å². The topological polar surface area (TPSA) is 18.5 Å². The highest BCUT2D eigenvalue weighted by molar-refractivity contribution is 5.49. The maximum atomic E-state index is 5.53. The van der Waals surface area contributed by atoms with E-state index < -0.39 is 0 Å². The standard InChI is InChI=1S/C17H20O2/c1-13-16(18-2)12-11-15(17(13)19-3)10-9-14-7-5-4-6-8-14/h4-8,11-12H,9-10H2,1-3H3. The molecule has 0 fully saturated rings. The van der Waals surface area contributed by atoms with E-state index >= 15 is 0 Å². The monoisotopic (exact) mass is 256 g/mol. The summed E-state index contributed by atoms with van der Waals surface area (Å²) in [6, 6.07) is 14.6. The normalized spacial score (nSPS) is 10.3. The average Bonchev–Trinajstić information content (AvgIpc) is 2.46. The summed E-state index contributed by atoms with van der Waals surface area (Å²) in [5.74, 6) is 1.82. The van der Waals surface area contributed by atoms with Crippen molar-refractivity contribution in [1.29, 1.82) is 0 Å². The van der Waals surface area contributed by atoms with Crippen LogP contribution in [0, 0.1) is 6.92 Å². The predicted octanol–water partition coefficient (Wildman–Crippen LogP) is 3.80. The molecule has 100 valence electrons. The van der Waals surface area contributed by atoms with E-state index in [-0.39, 0.29) is 0 Å². The minimum atomic E-state index is 0.875. The second-order valence-corrected chi connectivity index (χ2v) is 4.57. The Morgan fingerprint density at radius 3 is 2.21 bits per heavy atom. The van der Waals surface area contributed by atoms with Gasteiger partial charge in [0.2, 0.25) is 0 Å². The molecule has 2 aromatic rings. The molecule has 0 amide bonds. The Morgan fingerprint density at radius 1 is 0.842 bits per heavy atom. The van der Waals surface area contributed by atoms with Gasteiger partial charge in [-0.15, -0.1) is 0 Å². The molecular weight excluding hydrogens is 236 g/mol. The number of hydrogen-bond acceptors (Lipinski definition) is 2. The smallest absolute Gasteiger partial charge is 0.128 e. The minimum Gasteiger partial charge on any atom is -0.496 e. The summed E-state index contributed by atoms with van der Waals surface area (Å²) in [7, 11) is 3.40. The molecule has 2 heteroatoms. The third-order valence-electron chi connectivity index (χ3n) is 3.39. The molecule has 0 saturated heterocycles. The molecule has 0 unspecified atom stereocenters. The first kappa shape index (κ1) is 13.5. The summed E-state index contributed by atoms with van der Waals surface area (Å²) in [5, 5.41) is 0. The highest BCUT2D eigenvalue weighted by Crippen LogP contribution is 2.31. The van der Waals surface area contributed by atoms with Crippen molar-refractivity contribution >= 4 is 0 Å². The van der Waals surface area contributed by atoms with Gasteiger partial charge in [-0.05, 0) is 37.0 Å². The van der Waals surface area contributed by atoms with Crippen LogP contribution < -0.4 is 9.47 Å². The van der Waals surface area contributed by atoms with Crippen molar-refractivity contribution in [1.82, 2.24) is 0 Å². The zero-order valence-corrected chi connectivity index (χ0v) is 11.8. The van der Waals surface area contributed by atoms with Gasteiger partial charge in [-0.2, -0.15) is 0 Å². The summed E-state index contributed by atoms with van der Waals surface area (Å²) in [6.45, 7) is 2.03. The molecular formula is C17H20O2. The lowest BCUT2D eigenvalue weighted by molar-refractivity contribution is 0.385. The van der Waals surface area contributed by atoms with Gasteiger partial charge in [-0.1, -0.05) is 36.4 Å². The Balaban J connectivity index is 2.19. The molecule has 0 atom stereocenters. The maximum Gasteiger partial charge on any atom is 0.128 e. The molecule has 0 aliphatic heterocycles. The molecule has 19 heavy (non-hydrogen) atoms. The Bertz CT molecular complexity index is 532. The Labute approximate surface area is 115 Å². The van der Waals surface area contributed by atoms with Gasteiger partial charge in [0.25, 0.3) is 0 Å². The first-order valence-corrected chi connectivity index (χ1v) is 6.50. The van der Waals surface area contributed by atoms with Crippen molar-refractivity contribution in [2.75, 3.05) is 14.2 Å². The molecule has 2 nitrogen and oxygen atoms in total. The van der Waals surface area contributed by atoms with E-state index in [4.69, 9.17) is 9.47 Å². The van der Waals surface area contributed by atoms with Crippen LogP contribution in [-0.2, 0) is 12.8 Å². The highest BCUT2D eigenvalue weighted by Gasteiger charge is 2.10. The van der Waals surface area contributed by atoms with Crippen LogP contribution in [0.1, 0.15) is 16.7 Å². The molecule has 0 bridgehead atoms. The van der Waals surface area contributed by atoms with Gasteiger partial charge < -0.3 is 9.47 Å². The van der Waals surface area contributed by atoms with E-state index in [9.17, 15) is 0 Å². The van der Waals surface area contributed by atoms with Gasteiger partial charge in [0.1, 0.15) is 11.5 Å². The molecule has 0 saturated carbocycles. The number of rotatable bonds is 5. The van der Waals surface area contributed by atoms with Gasteiger partial charge in [0, 0.05) is 5.56 Å². The molecule has 2 aromatic carbocycles. The number of methoxy groups -OCH3 is 2. The van der Waals surface area contributed by atoms with Crippen LogP contribution in [0.4, 0.5) is 0 Å². The first-order chi connectivity index (χ1) is 9.26. The summed E-state index contributed by atoms with van der Waals surface area (Å²) in [6.07, 6.45) is 1.99. The van der Waals surface area contributed by atoms with Crippen LogP contribution >= 0.6 is 0 Å². The summed E-state index contributed by atoms with van der Waals surface area (Å²) < 4.78 is 10.9. The van der Waals surface area contributed by atoms with E-state index in [1.54, 1.807) is 14.2 Å². The molecule has 0 aliphatic carbocycles. The van der Waals surface area contributed by atoms with Crippen molar-refractivity contribution in [2.45, 2.75) is 19.8 Å². The molecule has 0 aromatic heterocycles. The van der Waals surface area contributed by atoms with Crippen LogP contribution in [-0.4, -0.2) is 14.2 Å². The number of aryl methyl sites for hydroxylation is 2. The molecule has 0 spiro atoms. The summed E-state index contributed by atoms with van der Waals surface area (Å²) in [5.41, 5.74) is 3.64. The molecule has 0 aliphatic rings. The fourth-order valence-electron chi connectivity index (χ4n) is 2.36. The lowest BCUT2D eigenvalue weighted by Crippen LogP contribution is -1.99. The lowest BCUT2D eigenvalue weighted by Gasteiger charge is -2.14. The number of ether oxygens (including phenoxy) is 2. The van der Waals surface area contributed by atoms with Gasteiger partial charge in [0.15, 0.2) is 0 Å². The maximum absolute atomic E-state index is 5.53. The molecule has 0 heterocycles. The van der Waals surface area contributed by atoms with Gasteiger partial charge >= 0.3 is 0 Å². The van der Waals surface area contributed by atoms with E-state index in [0.29, 0.717) is 0 Å². The predicted molar refractivity (Wildman–Crippen MR) is 78.1 cm³/mol. The first-order valence-electron chi connectivity index (χ1n) is 6.50. The Morgan fingerprint density at radius 2 is 1.58 bits per heavy atom. The molecule has 0 radical (unpaired) electrons. The van der Waals surface area contributed by atoms with E-state index in [1.807, 2.05) is 19.1 Å². The number of hydrogen-bond donors (Lipinski definition) is 0. The SMILES string of the molecule is COc1ccc(CCc2ccccc2)c(OC)c1C. The van der Waals surface area contributed by atoms with Gasteiger partial charge in [0.05, 0.1) is 14.2 Å². The van der Waals surface area contributed by atoms with Crippen molar-refractivity contribution in [3.63, 3.8) is 0 Å². The van der Waals surface area contributed by atoms with Crippen molar-refractivity contribution in [3.8, 4) is 11.5 Å². The minimum absolute atomic E-state index is 0.875. The average molecular weight is 256 g/mol. The van der Waals surface area contributed by atoms with E-state index in [1.165, 1.54) is 11.1 Å². The fourth-order valence-corrected chi connectivity index (χ4v) is 2.36. The van der Waals surface area contributed by atoms with Crippen molar-refractivity contribution in [2.24, 2.45) is 0 Å². The Hall–Kier alpha value is -1.96. The van der Waals surface area contributed by atoms with Crippen LogP contribution in [0.3, 0.4) is 0 Å². The zero-order chi connectivity index (χ0) is 13.7. The second kappa shape index (κ2) is 6.28. The lowest BCUT2D eigenvalue weighted by atomic mass is 10.0. The van der Waals surface area contributed by atoms with Crippen molar-refractivity contribution in [3.05, 3.63) is 59.2 Å². The Kier molecular flexibility index (Phi) is 4.45. The van der Waals surface area contributed by atoms with Gasteiger partial charge in [-0.25, -0.2) is 0 Å². The zero-order valence-electron chi connectivity index (χ0n) is 11.8. The van der Waals surface area contributed by atoms with Crippen LogP contribution in [0.15, 0.2) is 42.5 Å². The van der Waals surface area contributed by atoms with Crippen LogP contribution in [0.5, 0.6) is 11.5 Å². The third kappa shape index (κ3) is 3.08. The molecule has 0 N–H and O–H groups in total. The highest BCUT2D eigenvalue weighted by atomic mass is 16.5. The van der Waals surface area contributed by atoms with Crippen molar-refractivity contribution < 1.29 is 9.47 Å². The van der Waals surface area contributed by atoms with E-state index in [2.05, 4.69) is 30.3 Å².